The number of nitrogens with one attached hydrogen (secondary N) is 1. The fourth-order valence-electron chi connectivity index (χ4n) is 2.48. The zero-order chi connectivity index (χ0) is 19.8. The quantitative estimate of drug-likeness (QED) is 0.416. The van der Waals surface area contributed by atoms with Gasteiger partial charge >= 0.3 is 5.97 Å². The number of ether oxygens (including phenoxy) is 3. The third-order valence-corrected chi connectivity index (χ3v) is 3.63. The molecule has 142 valence electrons. The standard InChI is InChI=1S/C20H23N3O4/c1-4-25-18-10-16(17(22)11-19(18)26-5-2)20(27-13(3)24)23-15-8-6-14(12-21)7-9-15/h6-11,20,23H,4-5,22H2,1-3H3. The van der Waals surface area contributed by atoms with Gasteiger partial charge in [-0.05, 0) is 44.2 Å². The number of anilines is 2. The van der Waals surface area contributed by atoms with E-state index in [0.29, 0.717) is 47.2 Å². The van der Waals surface area contributed by atoms with E-state index < -0.39 is 12.2 Å². The molecule has 2 rings (SSSR count). The minimum atomic E-state index is -0.828. The summed E-state index contributed by atoms with van der Waals surface area (Å²) >= 11 is 0. The van der Waals surface area contributed by atoms with Crippen LogP contribution in [0, 0.1) is 11.3 Å². The van der Waals surface area contributed by atoms with Gasteiger partial charge in [0.25, 0.3) is 0 Å². The highest BCUT2D eigenvalue weighted by atomic mass is 16.6. The lowest BCUT2D eigenvalue weighted by atomic mass is 10.1. The van der Waals surface area contributed by atoms with Crippen LogP contribution in [0.25, 0.3) is 0 Å². The van der Waals surface area contributed by atoms with E-state index >= 15 is 0 Å². The number of carbonyl (C=O) groups is 1. The van der Waals surface area contributed by atoms with Gasteiger partial charge < -0.3 is 25.3 Å². The highest BCUT2D eigenvalue weighted by Gasteiger charge is 2.21. The zero-order valence-electron chi connectivity index (χ0n) is 15.6. The van der Waals surface area contributed by atoms with Crippen LogP contribution in [0.3, 0.4) is 0 Å². The Kier molecular flexibility index (Phi) is 6.89. The Labute approximate surface area is 158 Å². The number of esters is 1. The topological polar surface area (TPSA) is 107 Å². The first kappa shape index (κ1) is 19.9. The molecular weight excluding hydrogens is 346 g/mol. The summed E-state index contributed by atoms with van der Waals surface area (Å²) in [5, 5.41) is 12.0. The molecule has 0 aromatic heterocycles. The van der Waals surface area contributed by atoms with Crippen molar-refractivity contribution >= 4 is 17.3 Å². The summed E-state index contributed by atoms with van der Waals surface area (Å²) < 4.78 is 16.6. The summed E-state index contributed by atoms with van der Waals surface area (Å²) in [5.74, 6) is 0.579. The second-order valence-corrected chi connectivity index (χ2v) is 5.62. The first-order valence-electron chi connectivity index (χ1n) is 8.61. The average Bonchev–Trinajstić information content (AvgIpc) is 2.64. The predicted octanol–water partition coefficient (Wildman–Crippen LogP) is 3.61. The van der Waals surface area contributed by atoms with E-state index in [9.17, 15) is 4.79 Å². The lowest BCUT2D eigenvalue weighted by molar-refractivity contribution is -0.145. The van der Waals surface area contributed by atoms with Crippen molar-refractivity contribution in [3.63, 3.8) is 0 Å². The van der Waals surface area contributed by atoms with E-state index in [1.807, 2.05) is 13.8 Å². The van der Waals surface area contributed by atoms with Gasteiger partial charge in [0, 0.05) is 29.9 Å². The zero-order valence-corrected chi connectivity index (χ0v) is 15.6. The third kappa shape index (κ3) is 5.28. The summed E-state index contributed by atoms with van der Waals surface area (Å²) in [6, 6.07) is 12.2. The molecule has 0 radical (unpaired) electrons. The number of carbonyl (C=O) groups excluding carboxylic acids is 1. The highest BCUT2D eigenvalue weighted by molar-refractivity contribution is 5.68. The number of benzene rings is 2. The van der Waals surface area contributed by atoms with Crippen LogP contribution < -0.4 is 20.5 Å². The van der Waals surface area contributed by atoms with Crippen molar-refractivity contribution in [2.24, 2.45) is 0 Å². The number of hydrogen-bond acceptors (Lipinski definition) is 7. The van der Waals surface area contributed by atoms with Crippen LogP contribution in [0.2, 0.25) is 0 Å². The summed E-state index contributed by atoms with van der Waals surface area (Å²) in [5.41, 5.74) is 8.33. The molecule has 0 heterocycles. The molecule has 3 N–H and O–H groups in total. The molecule has 27 heavy (non-hydrogen) atoms. The number of rotatable bonds is 8. The predicted molar refractivity (Wildman–Crippen MR) is 102 cm³/mol. The van der Waals surface area contributed by atoms with Crippen molar-refractivity contribution < 1.29 is 19.0 Å². The van der Waals surface area contributed by atoms with Crippen molar-refractivity contribution in [1.82, 2.24) is 0 Å². The van der Waals surface area contributed by atoms with Crippen LogP contribution in [-0.2, 0) is 9.53 Å². The van der Waals surface area contributed by atoms with E-state index in [-0.39, 0.29) is 0 Å². The molecule has 0 aliphatic carbocycles. The maximum atomic E-state index is 11.6. The van der Waals surface area contributed by atoms with Crippen LogP contribution >= 0.6 is 0 Å². The third-order valence-electron chi connectivity index (χ3n) is 3.63. The van der Waals surface area contributed by atoms with E-state index in [2.05, 4.69) is 11.4 Å². The van der Waals surface area contributed by atoms with Gasteiger partial charge in [-0.3, -0.25) is 4.79 Å². The number of nitrogens with zero attached hydrogens (tertiary/aromatic N) is 1. The molecule has 0 aliphatic heterocycles. The van der Waals surface area contributed by atoms with Crippen LogP contribution in [0.15, 0.2) is 36.4 Å². The number of nitrogens with two attached hydrogens (primary N) is 1. The normalized spacial score (nSPS) is 11.2. The van der Waals surface area contributed by atoms with Gasteiger partial charge in [-0.2, -0.15) is 5.26 Å². The van der Waals surface area contributed by atoms with Gasteiger partial charge in [0.05, 0.1) is 24.8 Å². The smallest absolute Gasteiger partial charge is 0.304 e. The average molecular weight is 369 g/mol. The SMILES string of the molecule is CCOc1cc(N)c(C(Nc2ccc(C#N)cc2)OC(C)=O)cc1OCC. The first-order valence-corrected chi connectivity index (χ1v) is 8.61. The first-order chi connectivity index (χ1) is 13.0. The molecule has 2 aromatic rings. The lowest BCUT2D eigenvalue weighted by Gasteiger charge is -2.23. The molecule has 0 spiro atoms. The Balaban J connectivity index is 2.40. The van der Waals surface area contributed by atoms with E-state index in [1.54, 1.807) is 36.4 Å². The maximum absolute atomic E-state index is 11.6. The van der Waals surface area contributed by atoms with Crippen LogP contribution in [-0.4, -0.2) is 19.2 Å². The Morgan fingerprint density at radius 1 is 1.15 bits per heavy atom. The van der Waals surface area contributed by atoms with Crippen LogP contribution in [0.1, 0.15) is 38.1 Å². The fraction of sp³-hybridized carbons (Fsp3) is 0.300. The summed E-state index contributed by atoms with van der Waals surface area (Å²) in [6.07, 6.45) is -0.828. The molecule has 0 bridgehead atoms. The molecule has 7 nitrogen and oxygen atoms in total. The van der Waals surface area contributed by atoms with Crippen molar-refractivity contribution in [3.05, 3.63) is 47.5 Å². The fourth-order valence-corrected chi connectivity index (χ4v) is 2.48. The summed E-state index contributed by atoms with van der Waals surface area (Å²) in [4.78, 5) is 11.6. The van der Waals surface area contributed by atoms with Gasteiger partial charge in [0.15, 0.2) is 11.5 Å². The highest BCUT2D eigenvalue weighted by Crippen LogP contribution is 2.36. The molecule has 0 fully saturated rings. The number of nitriles is 1. The Hall–Kier alpha value is -3.40. The molecular formula is C20H23N3O4. The molecule has 0 amide bonds. The van der Waals surface area contributed by atoms with E-state index in [0.717, 1.165) is 0 Å². The Morgan fingerprint density at radius 3 is 2.26 bits per heavy atom. The summed E-state index contributed by atoms with van der Waals surface area (Å²) in [6.45, 7) is 5.97. The monoisotopic (exact) mass is 369 g/mol. The molecule has 0 aliphatic rings. The Morgan fingerprint density at radius 2 is 1.74 bits per heavy atom. The van der Waals surface area contributed by atoms with E-state index in [1.165, 1.54) is 6.92 Å². The van der Waals surface area contributed by atoms with Gasteiger partial charge in [-0.15, -0.1) is 0 Å². The minimum absolute atomic E-state index is 0.397. The van der Waals surface area contributed by atoms with Gasteiger partial charge in [0.1, 0.15) is 0 Å². The number of nitrogen functional groups attached to an aromatic ring is 1. The van der Waals surface area contributed by atoms with Crippen molar-refractivity contribution in [3.8, 4) is 17.6 Å². The van der Waals surface area contributed by atoms with Crippen molar-refractivity contribution in [2.75, 3.05) is 24.3 Å². The second-order valence-electron chi connectivity index (χ2n) is 5.62. The van der Waals surface area contributed by atoms with Crippen molar-refractivity contribution in [1.29, 1.82) is 5.26 Å². The minimum Gasteiger partial charge on any atom is -0.490 e. The lowest BCUT2D eigenvalue weighted by Crippen LogP contribution is -2.19. The molecule has 1 unspecified atom stereocenters. The molecule has 0 saturated heterocycles. The second kappa shape index (κ2) is 9.34. The largest absolute Gasteiger partial charge is 0.490 e. The molecule has 0 saturated carbocycles. The molecule has 7 heteroatoms. The molecule has 2 aromatic carbocycles. The Bertz CT molecular complexity index is 828. The van der Waals surface area contributed by atoms with Gasteiger partial charge in [-0.1, -0.05) is 0 Å². The van der Waals surface area contributed by atoms with Crippen molar-refractivity contribution in [2.45, 2.75) is 27.0 Å². The maximum Gasteiger partial charge on any atom is 0.304 e. The number of hydrogen-bond donors (Lipinski definition) is 2. The summed E-state index contributed by atoms with van der Waals surface area (Å²) in [7, 11) is 0. The molecule has 1 atom stereocenters. The van der Waals surface area contributed by atoms with Gasteiger partial charge in [0.2, 0.25) is 6.23 Å². The van der Waals surface area contributed by atoms with Crippen LogP contribution in [0.5, 0.6) is 11.5 Å². The van der Waals surface area contributed by atoms with E-state index in [4.69, 9.17) is 25.2 Å². The van der Waals surface area contributed by atoms with Crippen LogP contribution in [0.4, 0.5) is 11.4 Å². The van der Waals surface area contributed by atoms with Gasteiger partial charge in [-0.25, -0.2) is 0 Å².